The van der Waals surface area contributed by atoms with Gasteiger partial charge in [-0.2, -0.15) is 0 Å². The molecule has 0 aliphatic carbocycles. The van der Waals surface area contributed by atoms with Crippen LogP contribution in [0.25, 0.3) is 0 Å². The lowest BCUT2D eigenvalue weighted by atomic mass is 10.2. The highest BCUT2D eigenvalue weighted by atomic mass is 79.9. The first-order valence-corrected chi connectivity index (χ1v) is 9.36. The number of hydrogen-bond acceptors (Lipinski definition) is 4. The summed E-state index contributed by atoms with van der Waals surface area (Å²) in [6.07, 6.45) is 0.530. The normalized spacial score (nSPS) is 20.2. The topological polar surface area (TPSA) is 66.5 Å². The summed E-state index contributed by atoms with van der Waals surface area (Å²) in [4.78, 5) is 13.7. The quantitative estimate of drug-likeness (QED) is 0.872. The molecule has 1 aliphatic heterocycles. The molecule has 1 heterocycles. The van der Waals surface area contributed by atoms with Crippen molar-refractivity contribution in [2.45, 2.75) is 19.4 Å². The molecule has 116 valence electrons. The molecule has 1 saturated heterocycles. The highest BCUT2D eigenvalue weighted by Crippen LogP contribution is 2.20. The fraction of sp³-hybridized carbons (Fsp3) is 0.500. The average molecular weight is 375 g/mol. The van der Waals surface area contributed by atoms with Crippen LogP contribution in [0.2, 0.25) is 0 Å². The molecule has 0 bridgehead atoms. The molecule has 5 nitrogen and oxygen atoms in total. The second-order valence-electron chi connectivity index (χ2n) is 5.37. The van der Waals surface area contributed by atoms with E-state index in [1.54, 1.807) is 11.9 Å². The van der Waals surface area contributed by atoms with Gasteiger partial charge in [-0.1, -0.05) is 15.9 Å². The van der Waals surface area contributed by atoms with Gasteiger partial charge in [0, 0.05) is 23.2 Å². The third-order valence-electron chi connectivity index (χ3n) is 3.77. The summed E-state index contributed by atoms with van der Waals surface area (Å²) in [5.41, 5.74) is 1.95. The van der Waals surface area contributed by atoms with Crippen molar-refractivity contribution in [1.82, 2.24) is 4.90 Å². The zero-order valence-electron chi connectivity index (χ0n) is 12.1. The number of anilines is 1. The summed E-state index contributed by atoms with van der Waals surface area (Å²) in [5, 5.41) is 3.10. The Morgan fingerprint density at radius 3 is 2.76 bits per heavy atom. The van der Waals surface area contributed by atoms with Gasteiger partial charge in [0.2, 0.25) is 5.91 Å². The second-order valence-corrected chi connectivity index (χ2v) is 8.52. The smallest absolute Gasteiger partial charge is 0.241 e. The van der Waals surface area contributed by atoms with Crippen LogP contribution in [0.3, 0.4) is 0 Å². The van der Waals surface area contributed by atoms with Gasteiger partial charge in [-0.15, -0.1) is 0 Å². The highest BCUT2D eigenvalue weighted by molar-refractivity contribution is 9.10. The van der Waals surface area contributed by atoms with Gasteiger partial charge in [0.05, 0.1) is 18.1 Å². The molecule has 1 aromatic rings. The van der Waals surface area contributed by atoms with Gasteiger partial charge in [0.15, 0.2) is 9.84 Å². The first-order chi connectivity index (χ1) is 9.78. The monoisotopic (exact) mass is 374 g/mol. The minimum Gasteiger partial charge on any atom is -0.376 e. The van der Waals surface area contributed by atoms with Crippen molar-refractivity contribution >= 4 is 37.4 Å². The van der Waals surface area contributed by atoms with Crippen molar-refractivity contribution in [3.05, 3.63) is 28.2 Å². The fourth-order valence-corrected chi connectivity index (χ4v) is 4.66. The summed E-state index contributed by atoms with van der Waals surface area (Å²) < 4.78 is 23.9. The predicted molar refractivity (Wildman–Crippen MR) is 87.2 cm³/mol. The molecule has 1 atom stereocenters. The maximum absolute atomic E-state index is 12.2. The number of nitrogens with one attached hydrogen (secondary N) is 1. The lowest BCUT2D eigenvalue weighted by molar-refractivity contribution is -0.129. The van der Waals surface area contributed by atoms with Crippen molar-refractivity contribution in [3.63, 3.8) is 0 Å². The maximum Gasteiger partial charge on any atom is 0.241 e. The highest BCUT2D eigenvalue weighted by Gasteiger charge is 2.32. The number of sulfone groups is 1. The van der Waals surface area contributed by atoms with E-state index in [-0.39, 0.29) is 30.0 Å². The largest absolute Gasteiger partial charge is 0.376 e. The molecule has 1 aliphatic rings. The van der Waals surface area contributed by atoms with Crippen molar-refractivity contribution in [3.8, 4) is 0 Å². The standard InChI is InChI=1S/C14H19BrN2O3S/c1-10-7-11(15)3-4-13(10)16-8-14(18)17(2)12-5-6-21(19,20)9-12/h3-4,7,12,16H,5-6,8-9H2,1-2H3. The van der Waals surface area contributed by atoms with Crippen LogP contribution in [0, 0.1) is 6.92 Å². The van der Waals surface area contributed by atoms with Crippen molar-refractivity contribution < 1.29 is 13.2 Å². The molecule has 0 radical (unpaired) electrons. The van der Waals surface area contributed by atoms with Gasteiger partial charge in [0.25, 0.3) is 0 Å². The zero-order chi connectivity index (χ0) is 15.6. The van der Waals surface area contributed by atoms with E-state index in [0.29, 0.717) is 6.42 Å². The summed E-state index contributed by atoms with van der Waals surface area (Å²) in [7, 11) is -1.30. The van der Waals surface area contributed by atoms with E-state index >= 15 is 0 Å². The lowest BCUT2D eigenvalue weighted by Crippen LogP contribution is -2.40. The lowest BCUT2D eigenvalue weighted by Gasteiger charge is -2.24. The SMILES string of the molecule is Cc1cc(Br)ccc1NCC(=O)N(C)C1CCS(=O)(=O)C1. The molecule has 0 aromatic heterocycles. The molecule has 0 saturated carbocycles. The molecule has 1 aromatic carbocycles. The number of amides is 1. The Balaban J connectivity index is 1.92. The fourth-order valence-electron chi connectivity index (χ4n) is 2.41. The Bertz CT molecular complexity index is 646. The second kappa shape index (κ2) is 6.36. The van der Waals surface area contributed by atoms with E-state index in [1.165, 1.54) is 0 Å². The van der Waals surface area contributed by atoms with Crippen LogP contribution in [0.15, 0.2) is 22.7 Å². The summed E-state index contributed by atoms with van der Waals surface area (Å²) in [5.74, 6) is 0.153. The Morgan fingerprint density at radius 1 is 1.48 bits per heavy atom. The number of rotatable bonds is 4. The van der Waals surface area contributed by atoms with E-state index in [0.717, 1.165) is 15.7 Å². The first-order valence-electron chi connectivity index (χ1n) is 6.74. The van der Waals surface area contributed by atoms with Crippen LogP contribution in [0.5, 0.6) is 0 Å². The average Bonchev–Trinajstić information content (AvgIpc) is 2.77. The Kier molecular flexibility index (Phi) is 4.93. The van der Waals surface area contributed by atoms with E-state index in [2.05, 4.69) is 21.2 Å². The Hall–Kier alpha value is -1.08. The first kappa shape index (κ1) is 16.3. The summed E-state index contributed by atoms with van der Waals surface area (Å²) >= 11 is 3.40. The van der Waals surface area contributed by atoms with Gasteiger partial charge in [0.1, 0.15) is 0 Å². The molecule has 7 heteroatoms. The minimum absolute atomic E-state index is 0.0759. The number of likely N-dealkylation sites (N-methyl/N-ethyl adjacent to an activating group) is 1. The van der Waals surface area contributed by atoms with E-state index in [9.17, 15) is 13.2 Å². The van der Waals surface area contributed by atoms with Crippen LogP contribution in [-0.2, 0) is 14.6 Å². The number of carbonyl (C=O) groups excluding carboxylic acids is 1. The van der Waals surface area contributed by atoms with Crippen molar-refractivity contribution in [2.24, 2.45) is 0 Å². The van der Waals surface area contributed by atoms with Gasteiger partial charge in [-0.3, -0.25) is 4.79 Å². The number of hydrogen-bond donors (Lipinski definition) is 1. The summed E-state index contributed by atoms with van der Waals surface area (Å²) in [6, 6.07) is 5.59. The molecule has 1 fully saturated rings. The van der Waals surface area contributed by atoms with Crippen LogP contribution < -0.4 is 5.32 Å². The minimum atomic E-state index is -2.97. The number of aryl methyl sites for hydroxylation is 1. The summed E-state index contributed by atoms with van der Waals surface area (Å²) in [6.45, 7) is 2.13. The molecule has 0 spiro atoms. The van der Waals surface area contributed by atoms with Crippen LogP contribution >= 0.6 is 15.9 Å². The molecule has 1 N–H and O–H groups in total. The Morgan fingerprint density at radius 2 is 2.19 bits per heavy atom. The molecule has 2 rings (SSSR count). The number of benzene rings is 1. The van der Waals surface area contributed by atoms with Crippen LogP contribution in [-0.4, -0.2) is 50.4 Å². The van der Waals surface area contributed by atoms with E-state index in [4.69, 9.17) is 0 Å². The van der Waals surface area contributed by atoms with Gasteiger partial charge >= 0.3 is 0 Å². The third kappa shape index (κ3) is 4.20. The van der Waals surface area contributed by atoms with Gasteiger partial charge in [-0.25, -0.2) is 8.42 Å². The number of nitrogens with zero attached hydrogens (tertiary/aromatic N) is 1. The van der Waals surface area contributed by atoms with Gasteiger partial charge < -0.3 is 10.2 Å². The van der Waals surface area contributed by atoms with Crippen LogP contribution in [0.4, 0.5) is 5.69 Å². The zero-order valence-corrected chi connectivity index (χ0v) is 14.5. The molecule has 1 amide bonds. The van der Waals surface area contributed by atoms with Crippen LogP contribution in [0.1, 0.15) is 12.0 Å². The predicted octanol–water partition coefficient (Wildman–Crippen LogP) is 1.81. The van der Waals surface area contributed by atoms with Crippen molar-refractivity contribution in [1.29, 1.82) is 0 Å². The molecular formula is C14H19BrN2O3S. The maximum atomic E-state index is 12.2. The molecule has 1 unspecified atom stereocenters. The van der Waals surface area contributed by atoms with Gasteiger partial charge in [-0.05, 0) is 37.1 Å². The molecule has 21 heavy (non-hydrogen) atoms. The number of carbonyl (C=O) groups is 1. The number of halogens is 1. The van der Waals surface area contributed by atoms with Crippen molar-refractivity contribution in [2.75, 3.05) is 30.4 Å². The van der Waals surface area contributed by atoms with E-state index < -0.39 is 9.84 Å². The molecular weight excluding hydrogens is 356 g/mol. The third-order valence-corrected chi connectivity index (χ3v) is 6.01. The van der Waals surface area contributed by atoms with E-state index in [1.807, 2.05) is 25.1 Å². The Labute approximate surface area is 133 Å².